The molecule has 118 valence electrons. The molecule has 0 unspecified atom stereocenters. The SMILES string of the molecule is Cc1c(C)c(C)c(C#C[Si](C)(C)C)c(C#C[Si](C)(C)C)c1C. The van der Waals surface area contributed by atoms with Crippen LogP contribution in [0.25, 0.3) is 0 Å². The number of benzene rings is 1. The summed E-state index contributed by atoms with van der Waals surface area (Å²) in [6.07, 6.45) is 0. The number of hydrogen-bond acceptors (Lipinski definition) is 0. The maximum atomic E-state index is 3.52. The summed E-state index contributed by atoms with van der Waals surface area (Å²) in [7, 11) is -2.79. The molecule has 0 spiro atoms. The van der Waals surface area contributed by atoms with Crippen LogP contribution in [-0.2, 0) is 0 Å². The minimum Gasteiger partial charge on any atom is -0.127 e. The summed E-state index contributed by atoms with van der Waals surface area (Å²) >= 11 is 0. The van der Waals surface area contributed by atoms with Crippen LogP contribution in [0.4, 0.5) is 0 Å². The first-order valence-electron chi connectivity index (χ1n) is 8.00. The fourth-order valence-electron chi connectivity index (χ4n) is 2.12. The first kappa shape index (κ1) is 18.8. The Morgan fingerprint density at radius 2 is 0.773 bits per heavy atom. The van der Waals surface area contributed by atoms with E-state index in [-0.39, 0.29) is 0 Å². The summed E-state index contributed by atoms with van der Waals surface area (Å²) in [5.74, 6) is 6.98. The summed E-state index contributed by atoms with van der Waals surface area (Å²) in [6.45, 7) is 22.5. The number of rotatable bonds is 0. The second-order valence-electron chi connectivity index (χ2n) is 8.25. The Balaban J connectivity index is 3.71. The van der Waals surface area contributed by atoms with Crippen molar-refractivity contribution in [1.29, 1.82) is 0 Å². The van der Waals surface area contributed by atoms with E-state index < -0.39 is 16.1 Å². The molecule has 0 aromatic heterocycles. The van der Waals surface area contributed by atoms with Gasteiger partial charge in [0.25, 0.3) is 0 Å². The molecular formula is C20H30Si2. The molecule has 0 nitrogen and oxygen atoms in total. The van der Waals surface area contributed by atoms with E-state index in [1.807, 2.05) is 0 Å². The zero-order valence-electron chi connectivity index (χ0n) is 16.0. The Hall–Kier alpha value is -1.23. The molecule has 0 atom stereocenters. The Bertz CT molecular complexity index is 640. The minimum absolute atomic E-state index is 1.16. The summed E-state index contributed by atoms with van der Waals surface area (Å²) in [6, 6.07) is 0. The molecule has 0 aliphatic carbocycles. The van der Waals surface area contributed by atoms with E-state index in [2.05, 4.69) is 89.9 Å². The lowest BCUT2D eigenvalue weighted by atomic mass is 9.89. The van der Waals surface area contributed by atoms with Gasteiger partial charge in [-0.1, -0.05) is 51.1 Å². The molecule has 0 aliphatic rings. The molecule has 0 N–H and O–H groups in total. The lowest BCUT2D eigenvalue weighted by Gasteiger charge is -2.15. The normalized spacial score (nSPS) is 11.4. The van der Waals surface area contributed by atoms with Crippen LogP contribution in [0.1, 0.15) is 33.4 Å². The largest absolute Gasteiger partial charge is 0.129 e. The fourth-order valence-corrected chi connectivity index (χ4v) is 3.12. The summed E-state index contributed by atoms with van der Waals surface area (Å²) in [5, 5.41) is 0. The predicted octanol–water partition coefficient (Wildman–Crippen LogP) is 5.38. The monoisotopic (exact) mass is 326 g/mol. The predicted molar refractivity (Wildman–Crippen MR) is 106 cm³/mol. The van der Waals surface area contributed by atoms with Crippen molar-refractivity contribution in [2.75, 3.05) is 0 Å². The molecular weight excluding hydrogens is 296 g/mol. The lowest BCUT2D eigenvalue weighted by Crippen LogP contribution is -2.17. The van der Waals surface area contributed by atoms with Gasteiger partial charge in [0, 0.05) is 11.1 Å². The van der Waals surface area contributed by atoms with Crippen molar-refractivity contribution in [2.24, 2.45) is 0 Å². The topological polar surface area (TPSA) is 0 Å². The van der Waals surface area contributed by atoms with Gasteiger partial charge in [0.2, 0.25) is 0 Å². The van der Waals surface area contributed by atoms with Gasteiger partial charge in [0.1, 0.15) is 16.1 Å². The van der Waals surface area contributed by atoms with Crippen LogP contribution in [0.15, 0.2) is 0 Å². The van der Waals surface area contributed by atoms with Crippen molar-refractivity contribution in [2.45, 2.75) is 67.0 Å². The molecule has 0 fully saturated rings. The smallest absolute Gasteiger partial charge is 0.127 e. The number of hydrogen-bond donors (Lipinski definition) is 0. The molecule has 0 bridgehead atoms. The van der Waals surface area contributed by atoms with Crippen LogP contribution in [0, 0.1) is 50.6 Å². The first-order chi connectivity index (χ1) is 9.83. The van der Waals surface area contributed by atoms with E-state index in [0.29, 0.717) is 0 Å². The Labute approximate surface area is 139 Å². The minimum atomic E-state index is -1.39. The molecule has 0 saturated carbocycles. The zero-order valence-corrected chi connectivity index (χ0v) is 18.0. The van der Waals surface area contributed by atoms with Crippen molar-refractivity contribution in [1.82, 2.24) is 0 Å². The van der Waals surface area contributed by atoms with Crippen molar-refractivity contribution in [3.63, 3.8) is 0 Å². The van der Waals surface area contributed by atoms with Crippen molar-refractivity contribution in [3.05, 3.63) is 33.4 Å². The molecule has 2 heteroatoms. The Morgan fingerprint density at radius 3 is 1.00 bits per heavy atom. The zero-order chi connectivity index (χ0) is 17.3. The van der Waals surface area contributed by atoms with Gasteiger partial charge in [0.15, 0.2) is 0 Å². The van der Waals surface area contributed by atoms with Gasteiger partial charge >= 0.3 is 0 Å². The average Bonchev–Trinajstić information content (AvgIpc) is 2.35. The third-order valence-electron chi connectivity index (χ3n) is 3.81. The average molecular weight is 327 g/mol. The molecule has 0 radical (unpaired) electrons. The standard InChI is InChI=1S/C20H30Si2/c1-15-16(2)18(4)20(12-14-22(8,9)10)19(17(15)3)11-13-21(5,6)7/h1-10H3. The van der Waals surface area contributed by atoms with Crippen LogP contribution in [-0.4, -0.2) is 16.1 Å². The summed E-state index contributed by atoms with van der Waals surface area (Å²) < 4.78 is 0. The highest BCUT2D eigenvalue weighted by molar-refractivity contribution is 6.84. The van der Waals surface area contributed by atoms with E-state index in [4.69, 9.17) is 0 Å². The van der Waals surface area contributed by atoms with E-state index in [9.17, 15) is 0 Å². The highest BCUT2D eigenvalue weighted by Crippen LogP contribution is 2.26. The molecule has 1 rings (SSSR count). The second-order valence-corrected chi connectivity index (χ2v) is 17.8. The fraction of sp³-hybridized carbons (Fsp3) is 0.500. The van der Waals surface area contributed by atoms with Crippen LogP contribution < -0.4 is 0 Å². The van der Waals surface area contributed by atoms with E-state index in [1.54, 1.807) is 0 Å². The summed E-state index contributed by atoms with van der Waals surface area (Å²) in [4.78, 5) is 0. The molecule has 0 heterocycles. The van der Waals surface area contributed by atoms with Crippen molar-refractivity contribution < 1.29 is 0 Å². The maximum absolute atomic E-state index is 3.52. The highest BCUT2D eigenvalue weighted by atomic mass is 28.3. The molecule has 1 aromatic carbocycles. The lowest BCUT2D eigenvalue weighted by molar-refractivity contribution is 1.19. The van der Waals surface area contributed by atoms with Gasteiger partial charge in [-0.05, 0) is 49.9 Å². The van der Waals surface area contributed by atoms with Crippen molar-refractivity contribution in [3.8, 4) is 22.9 Å². The molecule has 1 aromatic rings. The van der Waals surface area contributed by atoms with Crippen LogP contribution in [0.2, 0.25) is 39.3 Å². The molecule has 0 amide bonds. The second kappa shape index (κ2) is 6.49. The van der Waals surface area contributed by atoms with Gasteiger partial charge in [0.05, 0.1) is 0 Å². The van der Waals surface area contributed by atoms with E-state index in [0.717, 1.165) is 11.1 Å². The molecule has 0 saturated heterocycles. The van der Waals surface area contributed by atoms with Crippen LogP contribution >= 0.6 is 0 Å². The van der Waals surface area contributed by atoms with E-state index in [1.165, 1.54) is 22.3 Å². The maximum Gasteiger partial charge on any atom is 0.129 e. The van der Waals surface area contributed by atoms with Gasteiger partial charge in [-0.3, -0.25) is 0 Å². The third kappa shape index (κ3) is 4.90. The van der Waals surface area contributed by atoms with Gasteiger partial charge in [-0.15, -0.1) is 11.1 Å². The van der Waals surface area contributed by atoms with E-state index >= 15 is 0 Å². The summed E-state index contributed by atoms with van der Waals surface area (Å²) in [5.41, 5.74) is 14.7. The van der Waals surface area contributed by atoms with Crippen LogP contribution in [0.3, 0.4) is 0 Å². The molecule has 22 heavy (non-hydrogen) atoms. The van der Waals surface area contributed by atoms with Crippen molar-refractivity contribution >= 4 is 16.1 Å². The van der Waals surface area contributed by atoms with Gasteiger partial charge in [-0.2, -0.15) is 0 Å². The first-order valence-corrected chi connectivity index (χ1v) is 15.0. The quantitative estimate of drug-likeness (QED) is 0.443. The van der Waals surface area contributed by atoms with Crippen LogP contribution in [0.5, 0.6) is 0 Å². The molecule has 0 aliphatic heterocycles. The third-order valence-corrected chi connectivity index (χ3v) is 5.56. The Kier molecular flexibility index (Phi) is 5.55. The highest BCUT2D eigenvalue weighted by Gasteiger charge is 2.15. The Morgan fingerprint density at radius 1 is 0.500 bits per heavy atom. The van der Waals surface area contributed by atoms with Gasteiger partial charge in [-0.25, -0.2) is 0 Å². The van der Waals surface area contributed by atoms with Gasteiger partial charge < -0.3 is 0 Å².